The van der Waals surface area contributed by atoms with Gasteiger partial charge in [-0.3, -0.25) is 0 Å². The van der Waals surface area contributed by atoms with Crippen LogP contribution in [0.4, 0.5) is 0 Å². The second-order valence-corrected chi connectivity index (χ2v) is 5.94. The standard InChI is InChI=1S/C21H24O/c1-2-3-4-5-8-14-22-21-13-9-12-19-15-17-10-6-7-11-18(17)16-20(19)21/h6-7,9-13,15-16H,2-5,8,14H2,1H3. The number of hydrogen-bond donors (Lipinski definition) is 0. The lowest BCUT2D eigenvalue weighted by Gasteiger charge is -2.10. The van der Waals surface area contributed by atoms with Gasteiger partial charge in [-0.1, -0.05) is 69.0 Å². The maximum absolute atomic E-state index is 6.05. The molecule has 0 bridgehead atoms. The van der Waals surface area contributed by atoms with Crippen LogP contribution in [0.3, 0.4) is 0 Å². The monoisotopic (exact) mass is 292 g/mol. The van der Waals surface area contributed by atoms with Gasteiger partial charge in [0.1, 0.15) is 5.75 Å². The highest BCUT2D eigenvalue weighted by atomic mass is 16.5. The molecular weight excluding hydrogens is 268 g/mol. The molecule has 0 unspecified atom stereocenters. The second kappa shape index (κ2) is 7.31. The summed E-state index contributed by atoms with van der Waals surface area (Å²) in [5, 5.41) is 5.03. The van der Waals surface area contributed by atoms with Crippen LogP contribution in [0.5, 0.6) is 5.75 Å². The van der Waals surface area contributed by atoms with Crippen LogP contribution in [-0.4, -0.2) is 6.61 Å². The Kier molecular flexibility index (Phi) is 4.95. The van der Waals surface area contributed by atoms with Crippen molar-refractivity contribution < 1.29 is 4.74 Å². The fraction of sp³-hybridized carbons (Fsp3) is 0.333. The Labute approximate surface area is 132 Å². The van der Waals surface area contributed by atoms with Gasteiger partial charge in [-0.2, -0.15) is 0 Å². The highest BCUT2D eigenvalue weighted by Crippen LogP contribution is 2.30. The quantitative estimate of drug-likeness (QED) is 0.364. The molecule has 0 saturated carbocycles. The highest BCUT2D eigenvalue weighted by Gasteiger charge is 2.04. The van der Waals surface area contributed by atoms with Crippen LogP contribution in [0.25, 0.3) is 21.5 Å². The van der Waals surface area contributed by atoms with Gasteiger partial charge < -0.3 is 4.74 Å². The summed E-state index contributed by atoms with van der Waals surface area (Å²) < 4.78 is 6.05. The van der Waals surface area contributed by atoms with Crippen molar-refractivity contribution in [2.45, 2.75) is 39.0 Å². The number of unbranched alkanes of at least 4 members (excludes halogenated alkanes) is 4. The molecule has 3 aromatic carbocycles. The number of fused-ring (bicyclic) bond motifs is 2. The van der Waals surface area contributed by atoms with Crippen molar-refractivity contribution in [1.82, 2.24) is 0 Å². The average molecular weight is 292 g/mol. The van der Waals surface area contributed by atoms with E-state index in [-0.39, 0.29) is 0 Å². The third kappa shape index (κ3) is 3.41. The van der Waals surface area contributed by atoms with E-state index in [1.165, 1.54) is 47.2 Å². The number of rotatable bonds is 7. The lowest BCUT2D eigenvalue weighted by atomic mass is 10.0. The zero-order valence-corrected chi connectivity index (χ0v) is 13.3. The van der Waals surface area contributed by atoms with Gasteiger partial charge in [0, 0.05) is 5.39 Å². The first-order valence-corrected chi connectivity index (χ1v) is 8.43. The lowest BCUT2D eigenvalue weighted by Crippen LogP contribution is -1.97. The zero-order chi connectivity index (χ0) is 15.2. The Hall–Kier alpha value is -2.02. The normalized spacial score (nSPS) is 11.1. The van der Waals surface area contributed by atoms with Gasteiger partial charge in [0.25, 0.3) is 0 Å². The largest absolute Gasteiger partial charge is 0.493 e. The lowest BCUT2D eigenvalue weighted by molar-refractivity contribution is 0.308. The van der Waals surface area contributed by atoms with E-state index in [0.29, 0.717) is 0 Å². The van der Waals surface area contributed by atoms with E-state index in [9.17, 15) is 0 Å². The molecule has 0 atom stereocenters. The highest BCUT2D eigenvalue weighted by molar-refractivity contribution is 6.00. The molecule has 0 aliphatic carbocycles. The Balaban J connectivity index is 1.76. The molecule has 1 heteroatoms. The van der Waals surface area contributed by atoms with E-state index in [1.807, 2.05) is 0 Å². The predicted octanol–water partition coefficient (Wildman–Crippen LogP) is 6.34. The van der Waals surface area contributed by atoms with E-state index in [2.05, 4.69) is 61.5 Å². The van der Waals surface area contributed by atoms with Crippen molar-refractivity contribution in [3.8, 4) is 5.75 Å². The average Bonchev–Trinajstić information content (AvgIpc) is 2.56. The van der Waals surface area contributed by atoms with Crippen LogP contribution < -0.4 is 4.74 Å². The molecule has 0 aromatic heterocycles. The van der Waals surface area contributed by atoms with Gasteiger partial charge in [-0.25, -0.2) is 0 Å². The summed E-state index contributed by atoms with van der Waals surface area (Å²) in [6.45, 7) is 3.06. The molecule has 0 aliphatic heterocycles. The minimum absolute atomic E-state index is 0.815. The molecule has 0 fully saturated rings. The molecule has 0 N–H and O–H groups in total. The van der Waals surface area contributed by atoms with Gasteiger partial charge in [0.15, 0.2) is 0 Å². The first kappa shape index (κ1) is 14.9. The maximum atomic E-state index is 6.05. The van der Waals surface area contributed by atoms with Crippen molar-refractivity contribution in [2.24, 2.45) is 0 Å². The van der Waals surface area contributed by atoms with Crippen LogP contribution in [0.15, 0.2) is 54.6 Å². The summed E-state index contributed by atoms with van der Waals surface area (Å²) in [5.74, 6) is 1.01. The Morgan fingerprint density at radius 3 is 2.27 bits per heavy atom. The van der Waals surface area contributed by atoms with E-state index in [0.717, 1.165) is 18.8 Å². The summed E-state index contributed by atoms with van der Waals surface area (Å²) in [6, 6.07) is 19.3. The molecule has 1 nitrogen and oxygen atoms in total. The Bertz CT molecular complexity index is 745. The smallest absolute Gasteiger partial charge is 0.127 e. The van der Waals surface area contributed by atoms with Crippen LogP contribution in [0, 0.1) is 0 Å². The van der Waals surface area contributed by atoms with Crippen molar-refractivity contribution in [3.05, 3.63) is 54.6 Å². The van der Waals surface area contributed by atoms with Crippen LogP contribution in [0.2, 0.25) is 0 Å². The summed E-state index contributed by atoms with van der Waals surface area (Å²) >= 11 is 0. The molecule has 0 radical (unpaired) electrons. The summed E-state index contributed by atoms with van der Waals surface area (Å²) in [7, 11) is 0. The summed E-state index contributed by atoms with van der Waals surface area (Å²) in [5.41, 5.74) is 0. The number of benzene rings is 3. The van der Waals surface area contributed by atoms with Gasteiger partial charge in [0.05, 0.1) is 6.61 Å². The van der Waals surface area contributed by atoms with Crippen LogP contribution in [-0.2, 0) is 0 Å². The number of ether oxygens (including phenoxy) is 1. The first-order valence-electron chi connectivity index (χ1n) is 8.43. The van der Waals surface area contributed by atoms with Crippen molar-refractivity contribution in [3.63, 3.8) is 0 Å². The molecule has 22 heavy (non-hydrogen) atoms. The zero-order valence-electron chi connectivity index (χ0n) is 13.3. The van der Waals surface area contributed by atoms with E-state index >= 15 is 0 Å². The molecule has 3 rings (SSSR count). The van der Waals surface area contributed by atoms with Gasteiger partial charge in [-0.05, 0) is 40.8 Å². The van der Waals surface area contributed by atoms with E-state index in [1.54, 1.807) is 0 Å². The SMILES string of the molecule is CCCCCCCOc1cccc2cc3ccccc3cc12. The summed E-state index contributed by atoms with van der Waals surface area (Å²) in [4.78, 5) is 0. The first-order chi connectivity index (χ1) is 10.9. The van der Waals surface area contributed by atoms with Crippen LogP contribution in [0.1, 0.15) is 39.0 Å². The minimum atomic E-state index is 0.815. The number of hydrogen-bond acceptors (Lipinski definition) is 1. The van der Waals surface area contributed by atoms with Gasteiger partial charge in [0.2, 0.25) is 0 Å². The summed E-state index contributed by atoms with van der Waals surface area (Å²) in [6.07, 6.45) is 6.35. The molecular formula is C21H24O. The predicted molar refractivity (Wildman–Crippen MR) is 95.7 cm³/mol. The molecule has 0 spiro atoms. The second-order valence-electron chi connectivity index (χ2n) is 5.94. The van der Waals surface area contributed by atoms with E-state index < -0.39 is 0 Å². The molecule has 0 aliphatic rings. The molecule has 0 amide bonds. The van der Waals surface area contributed by atoms with E-state index in [4.69, 9.17) is 4.74 Å². The fourth-order valence-corrected chi connectivity index (χ4v) is 2.95. The Morgan fingerprint density at radius 2 is 1.45 bits per heavy atom. The topological polar surface area (TPSA) is 9.23 Å². The fourth-order valence-electron chi connectivity index (χ4n) is 2.95. The van der Waals surface area contributed by atoms with Gasteiger partial charge >= 0.3 is 0 Å². The van der Waals surface area contributed by atoms with Crippen LogP contribution >= 0.6 is 0 Å². The van der Waals surface area contributed by atoms with Gasteiger partial charge in [-0.15, -0.1) is 0 Å². The van der Waals surface area contributed by atoms with Crippen molar-refractivity contribution in [2.75, 3.05) is 6.61 Å². The molecule has 0 saturated heterocycles. The molecule has 3 aromatic rings. The molecule has 114 valence electrons. The minimum Gasteiger partial charge on any atom is -0.493 e. The Morgan fingerprint density at radius 1 is 0.727 bits per heavy atom. The van der Waals surface area contributed by atoms with Crippen molar-refractivity contribution >= 4 is 21.5 Å². The third-order valence-electron chi connectivity index (χ3n) is 4.21. The molecule has 0 heterocycles. The van der Waals surface area contributed by atoms with Crippen molar-refractivity contribution in [1.29, 1.82) is 0 Å². The third-order valence-corrected chi connectivity index (χ3v) is 4.21. The maximum Gasteiger partial charge on any atom is 0.127 e.